The number of nitrogens with one attached hydrogen (secondary N) is 1. The summed E-state index contributed by atoms with van der Waals surface area (Å²) in [4.78, 5) is 4.18. The van der Waals surface area contributed by atoms with Gasteiger partial charge in [-0.3, -0.25) is 0 Å². The highest BCUT2D eigenvalue weighted by Crippen LogP contribution is 2.20. The Morgan fingerprint density at radius 2 is 1.89 bits per heavy atom. The fraction of sp³-hybridized carbons (Fsp3) is 0.214. The molecule has 0 saturated heterocycles. The number of anilines is 3. The highest BCUT2D eigenvalue weighted by Gasteiger charge is 1.99. The van der Waals surface area contributed by atoms with E-state index in [9.17, 15) is 0 Å². The van der Waals surface area contributed by atoms with Crippen molar-refractivity contribution in [1.82, 2.24) is 4.98 Å². The Kier molecular flexibility index (Phi) is 3.67. The van der Waals surface area contributed by atoms with E-state index in [1.54, 1.807) is 18.3 Å². The van der Waals surface area contributed by atoms with Gasteiger partial charge < -0.3 is 15.8 Å². The first kappa shape index (κ1) is 12.2. The van der Waals surface area contributed by atoms with Crippen molar-refractivity contribution in [3.8, 4) is 5.75 Å². The largest absolute Gasteiger partial charge is 0.491 e. The number of benzene rings is 1. The number of rotatable bonds is 4. The first-order valence-electron chi connectivity index (χ1n) is 5.89. The smallest absolute Gasteiger partial charge is 0.132 e. The molecule has 0 bridgehead atoms. The van der Waals surface area contributed by atoms with Crippen molar-refractivity contribution in [2.45, 2.75) is 20.0 Å². The van der Waals surface area contributed by atoms with Gasteiger partial charge in [-0.25, -0.2) is 4.98 Å². The highest BCUT2D eigenvalue weighted by molar-refractivity contribution is 5.60. The van der Waals surface area contributed by atoms with E-state index >= 15 is 0 Å². The summed E-state index contributed by atoms with van der Waals surface area (Å²) in [6.45, 7) is 4.01. The Balaban J connectivity index is 2.06. The second-order valence-electron chi connectivity index (χ2n) is 4.29. The van der Waals surface area contributed by atoms with Crippen LogP contribution in [-0.4, -0.2) is 11.1 Å². The van der Waals surface area contributed by atoms with E-state index in [2.05, 4.69) is 10.3 Å². The Hall–Kier alpha value is -2.23. The maximum Gasteiger partial charge on any atom is 0.132 e. The summed E-state index contributed by atoms with van der Waals surface area (Å²) in [6.07, 6.45) is 1.85. The molecule has 0 atom stereocenters. The zero-order valence-electron chi connectivity index (χ0n) is 10.6. The molecule has 18 heavy (non-hydrogen) atoms. The number of nitrogen functional groups attached to an aromatic ring is 1. The van der Waals surface area contributed by atoms with Gasteiger partial charge in [-0.05, 0) is 44.2 Å². The third-order valence-corrected chi connectivity index (χ3v) is 2.28. The van der Waals surface area contributed by atoms with Crippen LogP contribution in [0.1, 0.15) is 13.8 Å². The third kappa shape index (κ3) is 3.38. The number of nitrogens with zero attached hydrogens (tertiary/aromatic N) is 1. The van der Waals surface area contributed by atoms with Gasteiger partial charge in [0.25, 0.3) is 0 Å². The molecular formula is C14H17N3O. The summed E-state index contributed by atoms with van der Waals surface area (Å²) in [5.74, 6) is 1.59. The predicted molar refractivity (Wildman–Crippen MR) is 74.1 cm³/mol. The van der Waals surface area contributed by atoms with E-state index in [1.165, 1.54) is 0 Å². The molecule has 4 heteroatoms. The number of aromatic nitrogens is 1. The molecule has 0 radical (unpaired) electrons. The second-order valence-corrected chi connectivity index (χ2v) is 4.29. The highest BCUT2D eigenvalue weighted by atomic mass is 16.5. The van der Waals surface area contributed by atoms with Crippen LogP contribution in [0.15, 0.2) is 42.6 Å². The first-order valence-corrected chi connectivity index (χ1v) is 5.89. The van der Waals surface area contributed by atoms with E-state index in [0.29, 0.717) is 5.69 Å². The average molecular weight is 243 g/mol. The zero-order valence-corrected chi connectivity index (χ0v) is 10.6. The molecule has 0 aliphatic rings. The van der Waals surface area contributed by atoms with Gasteiger partial charge in [-0.2, -0.15) is 0 Å². The van der Waals surface area contributed by atoms with Gasteiger partial charge in [0.1, 0.15) is 11.6 Å². The van der Waals surface area contributed by atoms with Gasteiger partial charge in [0.05, 0.1) is 6.10 Å². The predicted octanol–water partition coefficient (Wildman–Crippen LogP) is 3.19. The molecule has 1 aromatic heterocycles. The molecule has 3 N–H and O–H groups in total. The molecule has 0 aliphatic heterocycles. The molecule has 94 valence electrons. The van der Waals surface area contributed by atoms with Gasteiger partial charge in [0, 0.05) is 23.6 Å². The van der Waals surface area contributed by atoms with Crippen LogP contribution in [0.2, 0.25) is 0 Å². The van der Waals surface area contributed by atoms with Crippen molar-refractivity contribution in [2.24, 2.45) is 0 Å². The topological polar surface area (TPSA) is 60.2 Å². The van der Waals surface area contributed by atoms with E-state index in [-0.39, 0.29) is 6.10 Å². The van der Waals surface area contributed by atoms with Gasteiger partial charge in [-0.15, -0.1) is 0 Å². The first-order chi connectivity index (χ1) is 8.63. The molecule has 1 aromatic carbocycles. The summed E-state index contributed by atoms with van der Waals surface area (Å²) in [6, 6.07) is 11.3. The van der Waals surface area contributed by atoms with Crippen molar-refractivity contribution in [3.63, 3.8) is 0 Å². The lowest BCUT2D eigenvalue weighted by Gasteiger charge is -2.11. The summed E-state index contributed by atoms with van der Waals surface area (Å²) >= 11 is 0. The number of hydrogen-bond acceptors (Lipinski definition) is 4. The normalized spacial score (nSPS) is 10.4. The zero-order chi connectivity index (χ0) is 13.0. The molecule has 1 heterocycles. The standard InChI is InChI=1S/C14H17N3O/c1-10(2)18-13-5-3-12(4-6-13)17-14-9-11(15)7-8-16-14/h3-10H,1-2H3,(H3,15,16,17). The van der Waals surface area contributed by atoms with Crippen molar-refractivity contribution < 1.29 is 4.74 Å². The monoisotopic (exact) mass is 243 g/mol. The molecular weight excluding hydrogens is 226 g/mol. The quantitative estimate of drug-likeness (QED) is 0.865. The fourth-order valence-electron chi connectivity index (χ4n) is 1.55. The molecule has 0 amide bonds. The molecule has 0 fully saturated rings. The molecule has 2 aromatic rings. The summed E-state index contributed by atoms with van der Waals surface area (Å²) in [5.41, 5.74) is 7.33. The summed E-state index contributed by atoms with van der Waals surface area (Å²) in [5, 5.41) is 3.18. The van der Waals surface area contributed by atoms with Crippen LogP contribution in [0.5, 0.6) is 5.75 Å². The van der Waals surface area contributed by atoms with Crippen LogP contribution in [-0.2, 0) is 0 Å². The Morgan fingerprint density at radius 3 is 2.50 bits per heavy atom. The van der Waals surface area contributed by atoms with Gasteiger partial charge in [0.15, 0.2) is 0 Å². The van der Waals surface area contributed by atoms with Gasteiger partial charge >= 0.3 is 0 Å². The number of pyridine rings is 1. The van der Waals surface area contributed by atoms with Crippen LogP contribution in [0.3, 0.4) is 0 Å². The second kappa shape index (κ2) is 5.40. The van der Waals surface area contributed by atoms with E-state index < -0.39 is 0 Å². The number of hydrogen-bond donors (Lipinski definition) is 2. The molecule has 2 rings (SSSR count). The third-order valence-electron chi connectivity index (χ3n) is 2.28. The van der Waals surface area contributed by atoms with Crippen molar-refractivity contribution in [1.29, 1.82) is 0 Å². The number of nitrogens with two attached hydrogens (primary N) is 1. The SMILES string of the molecule is CC(C)Oc1ccc(Nc2cc(N)ccn2)cc1. The van der Waals surface area contributed by atoms with Crippen molar-refractivity contribution in [2.75, 3.05) is 11.1 Å². The minimum atomic E-state index is 0.180. The average Bonchev–Trinajstić information content (AvgIpc) is 2.31. The maximum absolute atomic E-state index is 5.69. The maximum atomic E-state index is 5.69. The minimum Gasteiger partial charge on any atom is -0.491 e. The van der Waals surface area contributed by atoms with Crippen molar-refractivity contribution >= 4 is 17.2 Å². The lowest BCUT2D eigenvalue weighted by atomic mass is 10.3. The number of ether oxygens (including phenoxy) is 1. The molecule has 0 unspecified atom stereocenters. The molecule has 4 nitrogen and oxygen atoms in total. The van der Waals surface area contributed by atoms with Crippen LogP contribution >= 0.6 is 0 Å². The van der Waals surface area contributed by atoms with Crippen LogP contribution in [0.4, 0.5) is 17.2 Å². The summed E-state index contributed by atoms with van der Waals surface area (Å²) < 4.78 is 5.58. The van der Waals surface area contributed by atoms with Crippen LogP contribution in [0, 0.1) is 0 Å². The van der Waals surface area contributed by atoms with E-state index in [0.717, 1.165) is 17.3 Å². The van der Waals surface area contributed by atoms with Crippen LogP contribution in [0.25, 0.3) is 0 Å². The minimum absolute atomic E-state index is 0.180. The molecule has 0 aliphatic carbocycles. The summed E-state index contributed by atoms with van der Waals surface area (Å²) in [7, 11) is 0. The van der Waals surface area contributed by atoms with Gasteiger partial charge in [0.2, 0.25) is 0 Å². The Bertz CT molecular complexity index is 509. The van der Waals surface area contributed by atoms with E-state index in [4.69, 9.17) is 10.5 Å². The van der Waals surface area contributed by atoms with E-state index in [1.807, 2.05) is 38.1 Å². The Morgan fingerprint density at radius 1 is 1.17 bits per heavy atom. The van der Waals surface area contributed by atoms with Crippen molar-refractivity contribution in [3.05, 3.63) is 42.6 Å². The Labute approximate surface area is 107 Å². The lowest BCUT2D eigenvalue weighted by molar-refractivity contribution is 0.242. The van der Waals surface area contributed by atoms with Gasteiger partial charge in [-0.1, -0.05) is 0 Å². The molecule has 0 saturated carbocycles. The lowest BCUT2D eigenvalue weighted by Crippen LogP contribution is -2.05. The molecule has 0 spiro atoms. The fourth-order valence-corrected chi connectivity index (χ4v) is 1.55. The van der Waals surface area contributed by atoms with Crippen LogP contribution < -0.4 is 15.8 Å².